The normalized spacial score (nSPS) is 11.2. The molecule has 1 aromatic carbocycles. The van der Waals surface area contributed by atoms with Crippen molar-refractivity contribution in [3.63, 3.8) is 0 Å². The van der Waals surface area contributed by atoms with E-state index in [1.807, 2.05) is 13.8 Å². The van der Waals surface area contributed by atoms with Gasteiger partial charge in [0.15, 0.2) is 0 Å². The first-order valence-corrected chi connectivity index (χ1v) is 7.01. The van der Waals surface area contributed by atoms with Crippen LogP contribution < -0.4 is 0 Å². The van der Waals surface area contributed by atoms with Gasteiger partial charge in [-0.1, -0.05) is 46.8 Å². The van der Waals surface area contributed by atoms with Crippen molar-refractivity contribution in [2.24, 2.45) is 0 Å². The Balaban J connectivity index is 0.000000686. The summed E-state index contributed by atoms with van der Waals surface area (Å²) >= 11 is 1.31. The Morgan fingerprint density at radius 3 is 2.29 bits per heavy atom. The van der Waals surface area contributed by atoms with E-state index in [-0.39, 0.29) is 5.41 Å². The third kappa shape index (κ3) is 2.65. The number of hydrogen-bond acceptors (Lipinski definition) is 3. The van der Waals surface area contributed by atoms with Gasteiger partial charge in [-0.2, -0.15) is 8.75 Å². The lowest BCUT2D eigenvalue weighted by Gasteiger charge is -2.23. The first-order chi connectivity index (χ1) is 8.06. The van der Waals surface area contributed by atoms with Crippen molar-refractivity contribution < 1.29 is 0 Å². The highest BCUT2D eigenvalue weighted by molar-refractivity contribution is 7.00. The average Bonchev–Trinajstić information content (AvgIpc) is 2.81. The Hall–Kier alpha value is -0.960. The molecule has 0 N–H and O–H groups in total. The van der Waals surface area contributed by atoms with E-state index in [0.717, 1.165) is 17.5 Å². The van der Waals surface area contributed by atoms with Gasteiger partial charge in [0, 0.05) is 0 Å². The molecule has 2 aromatic rings. The number of aromatic nitrogens is 2. The molecule has 0 bridgehead atoms. The standard InChI is InChI=1S/C12H16N2S.C2H6/c1-5-12(3,4)9-7-6-8(2)10-11(9)14-15-13-10;1-2/h6-7H,5H2,1-4H3;1-2H3. The van der Waals surface area contributed by atoms with Crippen LogP contribution in [-0.4, -0.2) is 8.75 Å². The van der Waals surface area contributed by atoms with Gasteiger partial charge in [-0.05, 0) is 29.9 Å². The molecule has 1 aromatic heterocycles. The highest BCUT2D eigenvalue weighted by Crippen LogP contribution is 2.32. The van der Waals surface area contributed by atoms with Crippen LogP contribution in [0.4, 0.5) is 0 Å². The molecule has 94 valence electrons. The van der Waals surface area contributed by atoms with E-state index in [1.165, 1.54) is 22.9 Å². The Labute approximate surface area is 108 Å². The molecule has 0 unspecified atom stereocenters. The third-order valence-electron chi connectivity index (χ3n) is 3.23. The predicted molar refractivity (Wildman–Crippen MR) is 76.8 cm³/mol. The monoisotopic (exact) mass is 250 g/mol. The lowest BCUT2D eigenvalue weighted by molar-refractivity contribution is 0.510. The molecule has 17 heavy (non-hydrogen) atoms. The molecule has 0 saturated carbocycles. The minimum Gasteiger partial charge on any atom is -0.173 e. The predicted octanol–water partition coefficient (Wildman–Crippen LogP) is 4.71. The van der Waals surface area contributed by atoms with E-state index in [2.05, 4.69) is 48.6 Å². The molecule has 2 nitrogen and oxygen atoms in total. The van der Waals surface area contributed by atoms with Crippen molar-refractivity contribution in [3.8, 4) is 0 Å². The van der Waals surface area contributed by atoms with Gasteiger partial charge in [0.25, 0.3) is 0 Å². The van der Waals surface area contributed by atoms with E-state index in [9.17, 15) is 0 Å². The second-order valence-corrected chi connectivity index (χ2v) is 5.16. The highest BCUT2D eigenvalue weighted by Gasteiger charge is 2.22. The summed E-state index contributed by atoms with van der Waals surface area (Å²) in [5.74, 6) is 0. The fraction of sp³-hybridized carbons (Fsp3) is 0.571. The Kier molecular flexibility index (Phi) is 4.63. The summed E-state index contributed by atoms with van der Waals surface area (Å²) in [5.41, 5.74) is 4.88. The van der Waals surface area contributed by atoms with Crippen molar-refractivity contribution in [2.75, 3.05) is 0 Å². The maximum atomic E-state index is 4.42. The molecular formula is C14H22N2S. The van der Waals surface area contributed by atoms with Crippen molar-refractivity contribution in [3.05, 3.63) is 23.3 Å². The number of rotatable bonds is 2. The summed E-state index contributed by atoms with van der Waals surface area (Å²) < 4.78 is 8.78. The molecule has 1 heterocycles. The number of benzene rings is 1. The number of nitrogens with zero attached hydrogens (tertiary/aromatic N) is 2. The molecule has 0 fully saturated rings. The fourth-order valence-corrected chi connectivity index (χ4v) is 2.35. The lowest BCUT2D eigenvalue weighted by atomic mass is 9.81. The molecule has 0 saturated heterocycles. The molecule has 2 rings (SSSR count). The first kappa shape index (κ1) is 14.1. The molecule has 0 aliphatic heterocycles. The third-order valence-corrected chi connectivity index (χ3v) is 3.76. The summed E-state index contributed by atoms with van der Waals surface area (Å²) in [5, 5.41) is 0. The maximum Gasteiger partial charge on any atom is 0.108 e. The Morgan fingerprint density at radius 1 is 1.12 bits per heavy atom. The van der Waals surface area contributed by atoms with Crippen LogP contribution in [0.2, 0.25) is 0 Å². The Morgan fingerprint density at radius 2 is 1.71 bits per heavy atom. The molecule has 0 radical (unpaired) electrons. The summed E-state index contributed by atoms with van der Waals surface area (Å²) in [7, 11) is 0. The van der Waals surface area contributed by atoms with Gasteiger partial charge in [-0.25, -0.2) is 0 Å². The summed E-state index contributed by atoms with van der Waals surface area (Å²) in [6.45, 7) is 12.8. The van der Waals surface area contributed by atoms with Gasteiger partial charge in [0.1, 0.15) is 11.0 Å². The molecule has 0 atom stereocenters. The van der Waals surface area contributed by atoms with E-state index in [1.54, 1.807) is 0 Å². The fourth-order valence-electron chi connectivity index (χ4n) is 1.73. The van der Waals surface area contributed by atoms with Crippen LogP contribution in [0.25, 0.3) is 11.0 Å². The van der Waals surface area contributed by atoms with Crippen LogP contribution in [-0.2, 0) is 5.41 Å². The van der Waals surface area contributed by atoms with Gasteiger partial charge in [0.2, 0.25) is 0 Å². The summed E-state index contributed by atoms with van der Waals surface area (Å²) in [4.78, 5) is 0. The second-order valence-electron chi connectivity index (χ2n) is 4.63. The maximum absolute atomic E-state index is 4.42. The average molecular weight is 250 g/mol. The van der Waals surface area contributed by atoms with Crippen molar-refractivity contribution in [2.45, 2.75) is 53.4 Å². The van der Waals surface area contributed by atoms with Crippen LogP contribution in [0, 0.1) is 6.92 Å². The number of hydrogen-bond donors (Lipinski definition) is 0. The minimum atomic E-state index is 0.182. The largest absolute Gasteiger partial charge is 0.173 e. The zero-order chi connectivity index (χ0) is 13.1. The topological polar surface area (TPSA) is 25.8 Å². The summed E-state index contributed by atoms with van der Waals surface area (Å²) in [6.07, 6.45) is 1.11. The lowest BCUT2D eigenvalue weighted by Crippen LogP contribution is -2.16. The van der Waals surface area contributed by atoms with Gasteiger partial charge in [-0.3, -0.25) is 0 Å². The van der Waals surface area contributed by atoms with Crippen molar-refractivity contribution in [1.82, 2.24) is 8.75 Å². The quantitative estimate of drug-likeness (QED) is 0.771. The molecule has 0 aliphatic carbocycles. The van der Waals surface area contributed by atoms with E-state index >= 15 is 0 Å². The van der Waals surface area contributed by atoms with E-state index < -0.39 is 0 Å². The molecule has 3 heteroatoms. The first-order valence-electron chi connectivity index (χ1n) is 6.28. The SMILES string of the molecule is CC.CCC(C)(C)c1ccc(C)c2nsnc12. The molecule has 0 aliphatic rings. The summed E-state index contributed by atoms with van der Waals surface area (Å²) in [6, 6.07) is 4.35. The Bertz CT molecular complexity index is 486. The van der Waals surface area contributed by atoms with Crippen molar-refractivity contribution in [1.29, 1.82) is 0 Å². The van der Waals surface area contributed by atoms with Gasteiger partial charge < -0.3 is 0 Å². The van der Waals surface area contributed by atoms with Gasteiger partial charge >= 0.3 is 0 Å². The smallest absolute Gasteiger partial charge is 0.108 e. The molecule has 0 amide bonds. The van der Waals surface area contributed by atoms with Gasteiger partial charge in [0.05, 0.1) is 11.7 Å². The number of fused-ring (bicyclic) bond motifs is 1. The van der Waals surface area contributed by atoms with E-state index in [4.69, 9.17) is 0 Å². The van der Waals surface area contributed by atoms with E-state index in [0.29, 0.717) is 0 Å². The minimum absolute atomic E-state index is 0.182. The van der Waals surface area contributed by atoms with Crippen LogP contribution >= 0.6 is 11.7 Å². The van der Waals surface area contributed by atoms with Crippen molar-refractivity contribution >= 4 is 22.8 Å². The zero-order valence-corrected chi connectivity index (χ0v) is 12.5. The van der Waals surface area contributed by atoms with Crippen LogP contribution in [0.5, 0.6) is 0 Å². The van der Waals surface area contributed by atoms with Crippen LogP contribution in [0.3, 0.4) is 0 Å². The van der Waals surface area contributed by atoms with Crippen LogP contribution in [0.1, 0.15) is 52.2 Å². The molecular weight excluding hydrogens is 228 g/mol. The molecule has 0 spiro atoms. The second kappa shape index (κ2) is 5.58. The van der Waals surface area contributed by atoms with Gasteiger partial charge in [-0.15, -0.1) is 0 Å². The van der Waals surface area contributed by atoms with Crippen LogP contribution in [0.15, 0.2) is 12.1 Å². The zero-order valence-electron chi connectivity index (χ0n) is 11.7. The number of aryl methyl sites for hydroxylation is 1. The highest BCUT2D eigenvalue weighted by atomic mass is 32.1.